The average molecular weight is 263 g/mol. The van der Waals surface area contributed by atoms with Gasteiger partial charge in [0, 0.05) is 19.5 Å². The number of carbonyl (C=O) groups excluding carboxylic acids is 1. The molecule has 2 N–H and O–H groups in total. The zero-order valence-electron chi connectivity index (χ0n) is 11.2. The van der Waals surface area contributed by atoms with E-state index in [1.54, 1.807) is 12.1 Å². The van der Waals surface area contributed by atoms with E-state index in [9.17, 15) is 9.18 Å². The minimum absolute atomic E-state index is 0.0231. The van der Waals surface area contributed by atoms with E-state index in [1.807, 2.05) is 13.8 Å². The van der Waals surface area contributed by atoms with E-state index in [4.69, 9.17) is 5.26 Å². The van der Waals surface area contributed by atoms with Crippen molar-refractivity contribution in [3.05, 3.63) is 29.6 Å². The van der Waals surface area contributed by atoms with Gasteiger partial charge in [-0.05, 0) is 18.1 Å². The van der Waals surface area contributed by atoms with Gasteiger partial charge in [-0.25, -0.2) is 4.39 Å². The van der Waals surface area contributed by atoms with E-state index in [1.165, 1.54) is 12.1 Å². The SMILES string of the molecule is CC(C)CNC(=O)CCNc1cccc(F)c1C#N. The van der Waals surface area contributed by atoms with Gasteiger partial charge in [0.05, 0.1) is 5.69 Å². The highest BCUT2D eigenvalue weighted by Crippen LogP contribution is 2.17. The molecule has 1 aromatic carbocycles. The topological polar surface area (TPSA) is 64.9 Å². The lowest BCUT2D eigenvalue weighted by Gasteiger charge is -2.10. The van der Waals surface area contributed by atoms with Gasteiger partial charge in [-0.2, -0.15) is 5.26 Å². The standard InChI is InChI=1S/C14H18FN3O/c1-10(2)9-18-14(19)6-7-17-13-5-3-4-12(15)11(13)8-16/h3-5,10,17H,6-7,9H2,1-2H3,(H,18,19). The molecule has 0 unspecified atom stereocenters. The molecular weight excluding hydrogens is 245 g/mol. The van der Waals surface area contributed by atoms with Crippen LogP contribution in [0.1, 0.15) is 25.8 Å². The molecule has 0 aliphatic carbocycles. The molecule has 0 atom stereocenters. The molecule has 0 bridgehead atoms. The van der Waals surface area contributed by atoms with Crippen LogP contribution in [-0.4, -0.2) is 19.0 Å². The number of halogens is 1. The van der Waals surface area contributed by atoms with Crippen molar-refractivity contribution < 1.29 is 9.18 Å². The molecule has 0 radical (unpaired) electrons. The third-order valence-electron chi connectivity index (χ3n) is 2.50. The summed E-state index contributed by atoms with van der Waals surface area (Å²) in [4.78, 5) is 11.5. The molecule has 1 rings (SSSR count). The number of anilines is 1. The average Bonchev–Trinajstić information content (AvgIpc) is 2.36. The van der Waals surface area contributed by atoms with Crippen molar-refractivity contribution in [2.24, 2.45) is 5.92 Å². The monoisotopic (exact) mass is 263 g/mol. The van der Waals surface area contributed by atoms with Crippen molar-refractivity contribution in [3.63, 3.8) is 0 Å². The summed E-state index contributed by atoms with van der Waals surface area (Å²) in [5.41, 5.74) is 0.393. The lowest BCUT2D eigenvalue weighted by atomic mass is 10.2. The van der Waals surface area contributed by atoms with E-state index in [-0.39, 0.29) is 17.9 Å². The molecule has 5 heteroatoms. The van der Waals surface area contributed by atoms with Gasteiger partial charge in [0.15, 0.2) is 0 Å². The minimum atomic E-state index is -0.559. The second-order valence-electron chi connectivity index (χ2n) is 4.65. The van der Waals surface area contributed by atoms with Gasteiger partial charge in [-0.15, -0.1) is 0 Å². The Morgan fingerprint density at radius 3 is 2.84 bits per heavy atom. The molecule has 0 aromatic heterocycles. The summed E-state index contributed by atoms with van der Waals surface area (Å²) in [7, 11) is 0. The van der Waals surface area contributed by atoms with E-state index in [0.717, 1.165) is 0 Å². The third kappa shape index (κ3) is 4.96. The first-order chi connectivity index (χ1) is 9.04. The second-order valence-corrected chi connectivity index (χ2v) is 4.65. The van der Waals surface area contributed by atoms with Gasteiger partial charge in [-0.1, -0.05) is 19.9 Å². The van der Waals surface area contributed by atoms with Crippen molar-refractivity contribution in [1.29, 1.82) is 5.26 Å². The highest BCUT2D eigenvalue weighted by molar-refractivity contribution is 5.76. The van der Waals surface area contributed by atoms with Crippen molar-refractivity contribution in [2.45, 2.75) is 20.3 Å². The zero-order valence-corrected chi connectivity index (χ0v) is 11.2. The van der Waals surface area contributed by atoms with E-state index in [0.29, 0.717) is 24.7 Å². The van der Waals surface area contributed by atoms with Crippen LogP contribution in [0.3, 0.4) is 0 Å². The maximum absolute atomic E-state index is 13.3. The number of carbonyl (C=O) groups is 1. The number of nitrogens with one attached hydrogen (secondary N) is 2. The van der Waals surface area contributed by atoms with Crippen molar-refractivity contribution in [1.82, 2.24) is 5.32 Å². The Morgan fingerprint density at radius 1 is 1.47 bits per heavy atom. The Morgan fingerprint density at radius 2 is 2.21 bits per heavy atom. The number of amides is 1. The summed E-state index contributed by atoms with van der Waals surface area (Å²) < 4.78 is 13.3. The molecule has 0 aliphatic rings. The number of rotatable bonds is 6. The van der Waals surface area contributed by atoms with E-state index < -0.39 is 5.82 Å². The van der Waals surface area contributed by atoms with Crippen molar-refractivity contribution >= 4 is 11.6 Å². The Balaban J connectivity index is 2.44. The Labute approximate surface area is 112 Å². The van der Waals surface area contributed by atoms with Crippen LogP contribution in [0.25, 0.3) is 0 Å². The van der Waals surface area contributed by atoms with Crippen molar-refractivity contribution in [2.75, 3.05) is 18.4 Å². The summed E-state index contributed by atoms with van der Waals surface area (Å²) in [5.74, 6) is -0.210. The Bertz CT molecular complexity index is 480. The largest absolute Gasteiger partial charge is 0.383 e. The minimum Gasteiger partial charge on any atom is -0.383 e. The van der Waals surface area contributed by atoms with Crippen LogP contribution >= 0.6 is 0 Å². The Hall–Kier alpha value is -2.09. The molecule has 0 heterocycles. The normalized spacial score (nSPS) is 10.1. The summed E-state index contributed by atoms with van der Waals surface area (Å²) in [5, 5.41) is 14.5. The molecule has 1 aromatic rings. The number of hydrogen-bond acceptors (Lipinski definition) is 3. The molecular formula is C14H18FN3O. The fraction of sp³-hybridized carbons (Fsp3) is 0.429. The third-order valence-corrected chi connectivity index (χ3v) is 2.50. The van der Waals surface area contributed by atoms with E-state index >= 15 is 0 Å². The molecule has 0 saturated heterocycles. The van der Waals surface area contributed by atoms with Crippen LogP contribution in [0, 0.1) is 23.1 Å². The number of nitriles is 1. The molecule has 4 nitrogen and oxygen atoms in total. The van der Waals surface area contributed by atoms with Gasteiger partial charge < -0.3 is 10.6 Å². The number of hydrogen-bond donors (Lipinski definition) is 2. The number of benzene rings is 1. The summed E-state index contributed by atoms with van der Waals surface area (Å²) in [6, 6.07) is 6.18. The lowest BCUT2D eigenvalue weighted by molar-refractivity contribution is -0.120. The van der Waals surface area contributed by atoms with Crippen LogP contribution in [0.15, 0.2) is 18.2 Å². The first kappa shape index (κ1) is 15.0. The van der Waals surface area contributed by atoms with Crippen LogP contribution in [0.5, 0.6) is 0 Å². The highest BCUT2D eigenvalue weighted by Gasteiger charge is 2.08. The molecule has 19 heavy (non-hydrogen) atoms. The quantitative estimate of drug-likeness (QED) is 0.827. The first-order valence-corrected chi connectivity index (χ1v) is 6.23. The fourth-order valence-electron chi connectivity index (χ4n) is 1.50. The van der Waals surface area contributed by atoms with Crippen LogP contribution in [-0.2, 0) is 4.79 Å². The fourth-order valence-corrected chi connectivity index (χ4v) is 1.50. The molecule has 0 fully saturated rings. The predicted molar refractivity (Wildman–Crippen MR) is 72.1 cm³/mol. The molecule has 102 valence electrons. The maximum Gasteiger partial charge on any atom is 0.221 e. The molecule has 0 saturated carbocycles. The maximum atomic E-state index is 13.3. The molecule has 1 amide bonds. The second kappa shape index (κ2) is 7.37. The van der Waals surface area contributed by atoms with Gasteiger partial charge >= 0.3 is 0 Å². The zero-order chi connectivity index (χ0) is 14.3. The van der Waals surface area contributed by atoms with Gasteiger partial charge in [0.25, 0.3) is 0 Å². The van der Waals surface area contributed by atoms with Gasteiger partial charge in [0.1, 0.15) is 17.4 Å². The molecule has 0 aliphatic heterocycles. The van der Waals surface area contributed by atoms with Crippen molar-refractivity contribution in [3.8, 4) is 6.07 Å². The van der Waals surface area contributed by atoms with Gasteiger partial charge in [0.2, 0.25) is 5.91 Å². The highest BCUT2D eigenvalue weighted by atomic mass is 19.1. The number of nitrogens with zero attached hydrogens (tertiary/aromatic N) is 1. The van der Waals surface area contributed by atoms with Crippen LogP contribution in [0.4, 0.5) is 10.1 Å². The van der Waals surface area contributed by atoms with Gasteiger partial charge in [-0.3, -0.25) is 4.79 Å². The lowest BCUT2D eigenvalue weighted by Crippen LogP contribution is -2.28. The first-order valence-electron chi connectivity index (χ1n) is 6.23. The summed E-state index contributed by atoms with van der Waals surface area (Å²) in [6.45, 7) is 5.04. The molecule has 0 spiro atoms. The smallest absolute Gasteiger partial charge is 0.221 e. The van der Waals surface area contributed by atoms with E-state index in [2.05, 4.69) is 10.6 Å². The summed E-state index contributed by atoms with van der Waals surface area (Å²) >= 11 is 0. The van der Waals surface area contributed by atoms with Crippen LogP contribution in [0.2, 0.25) is 0 Å². The summed E-state index contributed by atoms with van der Waals surface area (Å²) in [6.07, 6.45) is 0.286. The van der Waals surface area contributed by atoms with Crippen LogP contribution < -0.4 is 10.6 Å². The predicted octanol–water partition coefficient (Wildman–Crippen LogP) is 2.27. The Kier molecular flexibility index (Phi) is 5.80.